The van der Waals surface area contributed by atoms with Crippen molar-refractivity contribution in [1.82, 2.24) is 14.5 Å². The SMILES string of the molecule is Cc1ccc(C(=O)NCCN(C)c2ccccc2)cc1S(=O)(=O)N1CCN(C)CC1. The van der Waals surface area contributed by atoms with Crippen molar-refractivity contribution in [2.75, 3.05) is 58.3 Å². The van der Waals surface area contributed by atoms with Crippen LogP contribution in [0.3, 0.4) is 0 Å². The van der Waals surface area contributed by atoms with Crippen molar-refractivity contribution in [1.29, 1.82) is 0 Å². The number of hydrogen-bond donors (Lipinski definition) is 1. The van der Waals surface area contributed by atoms with Crippen molar-refractivity contribution in [3.05, 3.63) is 59.7 Å². The maximum absolute atomic E-state index is 13.1. The van der Waals surface area contributed by atoms with E-state index in [1.165, 1.54) is 10.4 Å². The number of nitrogens with one attached hydrogen (secondary N) is 1. The predicted octanol–water partition coefficient (Wildman–Crippen LogP) is 1.80. The summed E-state index contributed by atoms with van der Waals surface area (Å²) in [5.41, 5.74) is 2.08. The van der Waals surface area contributed by atoms with Crippen LogP contribution < -0.4 is 10.2 Å². The molecule has 7 nitrogen and oxygen atoms in total. The second-order valence-corrected chi connectivity index (χ2v) is 9.61. The minimum absolute atomic E-state index is 0.209. The Morgan fingerprint density at radius 2 is 1.73 bits per heavy atom. The molecule has 0 spiro atoms. The van der Waals surface area contributed by atoms with Gasteiger partial charge in [-0.25, -0.2) is 8.42 Å². The monoisotopic (exact) mass is 430 g/mol. The molecule has 3 rings (SSSR count). The number of likely N-dealkylation sites (N-methyl/N-ethyl adjacent to an activating group) is 2. The molecule has 0 saturated carbocycles. The van der Waals surface area contributed by atoms with Crippen molar-refractivity contribution in [2.24, 2.45) is 0 Å². The number of para-hydroxylation sites is 1. The molecule has 162 valence electrons. The predicted molar refractivity (Wildman–Crippen MR) is 119 cm³/mol. The fourth-order valence-electron chi connectivity index (χ4n) is 3.44. The number of aryl methyl sites for hydroxylation is 1. The Morgan fingerprint density at radius 1 is 1.07 bits per heavy atom. The minimum atomic E-state index is -3.62. The van der Waals surface area contributed by atoms with Crippen molar-refractivity contribution in [2.45, 2.75) is 11.8 Å². The van der Waals surface area contributed by atoms with E-state index in [9.17, 15) is 13.2 Å². The maximum Gasteiger partial charge on any atom is 0.251 e. The molecule has 8 heteroatoms. The third kappa shape index (κ3) is 5.19. The first-order valence-electron chi connectivity index (χ1n) is 10.1. The molecule has 0 bridgehead atoms. The van der Waals surface area contributed by atoms with E-state index in [-0.39, 0.29) is 10.8 Å². The van der Waals surface area contributed by atoms with Crippen LogP contribution in [0.15, 0.2) is 53.4 Å². The molecule has 30 heavy (non-hydrogen) atoms. The molecule has 1 fully saturated rings. The van der Waals surface area contributed by atoms with Crippen LogP contribution in [0.4, 0.5) is 5.69 Å². The lowest BCUT2D eigenvalue weighted by atomic mass is 10.1. The van der Waals surface area contributed by atoms with Gasteiger partial charge in [-0.1, -0.05) is 24.3 Å². The van der Waals surface area contributed by atoms with Crippen molar-refractivity contribution >= 4 is 21.6 Å². The molecule has 1 saturated heterocycles. The molecule has 2 aromatic rings. The first kappa shape index (κ1) is 22.3. The molecule has 1 N–H and O–H groups in total. The molecule has 0 radical (unpaired) electrons. The van der Waals surface area contributed by atoms with Crippen LogP contribution in [0.25, 0.3) is 0 Å². The number of piperazine rings is 1. The van der Waals surface area contributed by atoms with E-state index in [2.05, 4.69) is 15.1 Å². The van der Waals surface area contributed by atoms with Crippen LogP contribution in [0.5, 0.6) is 0 Å². The highest BCUT2D eigenvalue weighted by atomic mass is 32.2. The number of hydrogen-bond acceptors (Lipinski definition) is 5. The molecule has 0 aromatic heterocycles. The summed E-state index contributed by atoms with van der Waals surface area (Å²) in [5.74, 6) is -0.272. The van der Waals surface area contributed by atoms with Gasteiger partial charge in [0.15, 0.2) is 0 Å². The second-order valence-electron chi connectivity index (χ2n) is 7.70. The lowest BCUT2D eigenvalue weighted by Crippen LogP contribution is -2.47. The van der Waals surface area contributed by atoms with Crippen molar-refractivity contribution in [3.63, 3.8) is 0 Å². The maximum atomic E-state index is 13.1. The van der Waals surface area contributed by atoms with E-state index in [1.807, 2.05) is 44.4 Å². The smallest absolute Gasteiger partial charge is 0.251 e. The van der Waals surface area contributed by atoms with Gasteiger partial charge >= 0.3 is 0 Å². The van der Waals surface area contributed by atoms with Gasteiger partial charge in [0.25, 0.3) is 5.91 Å². The first-order valence-corrected chi connectivity index (χ1v) is 11.6. The summed E-state index contributed by atoms with van der Waals surface area (Å²) in [6.45, 7) is 5.19. The van der Waals surface area contributed by atoms with Gasteiger partial charge in [-0.3, -0.25) is 4.79 Å². The average Bonchev–Trinajstić information content (AvgIpc) is 2.74. The van der Waals surface area contributed by atoms with Crippen molar-refractivity contribution in [3.8, 4) is 0 Å². The highest BCUT2D eigenvalue weighted by molar-refractivity contribution is 7.89. The van der Waals surface area contributed by atoms with E-state index >= 15 is 0 Å². The zero-order valence-electron chi connectivity index (χ0n) is 17.8. The van der Waals surface area contributed by atoms with Gasteiger partial charge in [-0.15, -0.1) is 0 Å². The number of nitrogens with zero attached hydrogens (tertiary/aromatic N) is 3. The van der Waals surface area contributed by atoms with Gasteiger partial charge in [0.05, 0.1) is 4.90 Å². The van der Waals surface area contributed by atoms with Crippen molar-refractivity contribution < 1.29 is 13.2 Å². The minimum Gasteiger partial charge on any atom is -0.373 e. The normalized spacial score (nSPS) is 15.7. The summed E-state index contributed by atoms with van der Waals surface area (Å²) in [6, 6.07) is 14.8. The number of benzene rings is 2. The Kier molecular flexibility index (Phi) is 7.12. The van der Waals surface area contributed by atoms with E-state index < -0.39 is 10.0 Å². The van der Waals surface area contributed by atoms with Gasteiger partial charge in [0.1, 0.15) is 0 Å². The number of carbonyl (C=O) groups is 1. The van der Waals surface area contributed by atoms with Crippen LogP contribution in [0.1, 0.15) is 15.9 Å². The van der Waals surface area contributed by atoms with Crippen LogP contribution >= 0.6 is 0 Å². The van der Waals surface area contributed by atoms with Gasteiger partial charge in [-0.05, 0) is 43.8 Å². The fraction of sp³-hybridized carbons (Fsp3) is 0.409. The van der Waals surface area contributed by atoms with Crippen LogP contribution in [0, 0.1) is 6.92 Å². The average molecular weight is 431 g/mol. The number of amides is 1. The third-order valence-corrected chi connectivity index (χ3v) is 7.50. The Bertz CT molecular complexity index is 971. The molecule has 1 heterocycles. The Labute approximate surface area is 179 Å². The van der Waals surface area contributed by atoms with Gasteiger partial charge in [-0.2, -0.15) is 4.31 Å². The third-order valence-electron chi connectivity index (χ3n) is 5.46. The lowest BCUT2D eigenvalue weighted by Gasteiger charge is -2.32. The standard InChI is InChI=1S/C22H30N4O3S/c1-18-9-10-19(17-21(18)30(28,29)26-15-13-24(2)14-16-26)22(27)23-11-12-25(3)20-7-5-4-6-8-20/h4-10,17H,11-16H2,1-3H3,(H,23,27). The molecule has 0 unspecified atom stereocenters. The molecule has 0 atom stereocenters. The van der Waals surface area contributed by atoms with E-state index in [0.717, 1.165) is 5.69 Å². The van der Waals surface area contributed by atoms with Crippen LogP contribution in [-0.2, 0) is 10.0 Å². The molecule has 2 aromatic carbocycles. The zero-order chi connectivity index (χ0) is 21.7. The molecule has 0 aliphatic carbocycles. The van der Waals surface area contributed by atoms with Gasteiger partial charge in [0, 0.05) is 57.6 Å². The fourth-order valence-corrected chi connectivity index (χ4v) is 5.11. The largest absolute Gasteiger partial charge is 0.373 e. The van der Waals surface area contributed by atoms with E-state index in [0.29, 0.717) is 50.4 Å². The molecule has 1 amide bonds. The second kappa shape index (κ2) is 9.59. The highest BCUT2D eigenvalue weighted by Crippen LogP contribution is 2.22. The molecular formula is C22H30N4O3S. The van der Waals surface area contributed by atoms with E-state index in [1.54, 1.807) is 19.1 Å². The summed E-state index contributed by atoms with van der Waals surface area (Å²) >= 11 is 0. The van der Waals surface area contributed by atoms with Crippen LogP contribution in [0.2, 0.25) is 0 Å². The molecule has 1 aliphatic heterocycles. The van der Waals surface area contributed by atoms with E-state index in [4.69, 9.17) is 0 Å². The summed E-state index contributed by atoms with van der Waals surface area (Å²) in [4.78, 5) is 17.0. The Balaban J connectivity index is 1.66. The highest BCUT2D eigenvalue weighted by Gasteiger charge is 2.29. The lowest BCUT2D eigenvalue weighted by molar-refractivity contribution is 0.0954. The Morgan fingerprint density at radius 3 is 2.40 bits per heavy atom. The summed E-state index contributed by atoms with van der Waals surface area (Å²) in [5, 5.41) is 2.89. The molecular weight excluding hydrogens is 400 g/mol. The summed E-state index contributed by atoms with van der Waals surface area (Å²) in [7, 11) is 0.324. The first-order chi connectivity index (χ1) is 14.3. The Hall–Kier alpha value is -2.42. The van der Waals surface area contributed by atoms with Gasteiger partial charge in [0.2, 0.25) is 10.0 Å². The number of sulfonamides is 1. The number of anilines is 1. The summed E-state index contributed by atoms with van der Waals surface area (Å²) < 4.78 is 27.7. The quantitative estimate of drug-likeness (QED) is 0.725. The number of rotatable bonds is 7. The summed E-state index contributed by atoms with van der Waals surface area (Å²) in [6.07, 6.45) is 0. The topological polar surface area (TPSA) is 73.0 Å². The number of carbonyl (C=O) groups excluding carboxylic acids is 1. The van der Waals surface area contributed by atoms with Crippen LogP contribution in [-0.4, -0.2) is 76.9 Å². The van der Waals surface area contributed by atoms with Gasteiger partial charge < -0.3 is 15.1 Å². The molecule has 1 aliphatic rings. The zero-order valence-corrected chi connectivity index (χ0v) is 18.7.